The van der Waals surface area contributed by atoms with Crippen LogP contribution in [0.2, 0.25) is 0 Å². The van der Waals surface area contributed by atoms with E-state index in [-0.39, 0.29) is 30.4 Å². The van der Waals surface area contributed by atoms with Crippen LogP contribution in [0.4, 0.5) is 5.69 Å². The molecule has 0 aliphatic carbocycles. The van der Waals surface area contributed by atoms with Crippen molar-refractivity contribution in [2.45, 2.75) is 4.90 Å². The number of nitriles is 1. The monoisotopic (exact) mass is 434 g/mol. The van der Waals surface area contributed by atoms with Crippen molar-refractivity contribution in [1.29, 1.82) is 5.26 Å². The summed E-state index contributed by atoms with van der Waals surface area (Å²) in [7, 11) is -3.62. The molecule has 3 aromatic rings. The van der Waals surface area contributed by atoms with Crippen LogP contribution in [0.25, 0.3) is 10.8 Å². The van der Waals surface area contributed by atoms with Gasteiger partial charge in [0.05, 0.1) is 23.1 Å². The lowest BCUT2D eigenvalue weighted by molar-refractivity contribution is -0.130. The summed E-state index contributed by atoms with van der Waals surface area (Å²) in [5.74, 6) is -0.106. The molecule has 0 atom stereocenters. The first-order valence-corrected chi connectivity index (χ1v) is 11.4. The Morgan fingerprint density at radius 1 is 0.935 bits per heavy atom. The summed E-state index contributed by atoms with van der Waals surface area (Å²) in [5, 5.41) is 13.9. The molecule has 0 aromatic heterocycles. The fourth-order valence-electron chi connectivity index (χ4n) is 3.64. The summed E-state index contributed by atoms with van der Waals surface area (Å²) >= 11 is 0. The van der Waals surface area contributed by atoms with Crippen molar-refractivity contribution >= 4 is 32.4 Å². The molecule has 0 bridgehead atoms. The highest BCUT2D eigenvalue weighted by atomic mass is 32.2. The Kier molecular flexibility index (Phi) is 5.89. The minimum Gasteiger partial charge on any atom is -0.376 e. The zero-order valence-corrected chi connectivity index (χ0v) is 17.7. The van der Waals surface area contributed by atoms with E-state index in [2.05, 4.69) is 11.4 Å². The molecule has 8 heteroatoms. The van der Waals surface area contributed by atoms with Crippen molar-refractivity contribution in [3.05, 3.63) is 72.3 Å². The van der Waals surface area contributed by atoms with E-state index in [4.69, 9.17) is 5.26 Å². The molecular formula is C23H22N4O3S. The van der Waals surface area contributed by atoms with Gasteiger partial charge in [0.15, 0.2) is 0 Å². The minimum absolute atomic E-state index is 0.0896. The Morgan fingerprint density at radius 3 is 2.42 bits per heavy atom. The number of carbonyl (C=O) groups is 1. The number of fused-ring (bicyclic) bond motifs is 1. The van der Waals surface area contributed by atoms with Gasteiger partial charge in [0.25, 0.3) is 0 Å². The van der Waals surface area contributed by atoms with Gasteiger partial charge in [-0.25, -0.2) is 8.42 Å². The van der Waals surface area contributed by atoms with Crippen molar-refractivity contribution in [1.82, 2.24) is 9.21 Å². The SMILES string of the molecule is N#Cc1cccc(NCC(=O)N2CCN(S(=O)(=O)c3ccc4ccccc4c3)CC2)c1. The highest BCUT2D eigenvalue weighted by Crippen LogP contribution is 2.23. The molecule has 158 valence electrons. The number of nitrogens with one attached hydrogen (secondary N) is 1. The molecule has 0 spiro atoms. The molecule has 1 N–H and O–H groups in total. The third-order valence-electron chi connectivity index (χ3n) is 5.39. The molecule has 1 aliphatic heterocycles. The Hall–Kier alpha value is -3.41. The third kappa shape index (κ3) is 4.53. The lowest BCUT2D eigenvalue weighted by atomic mass is 10.1. The maximum absolute atomic E-state index is 13.1. The summed E-state index contributed by atoms with van der Waals surface area (Å²) in [5.41, 5.74) is 1.22. The van der Waals surface area contributed by atoms with Gasteiger partial charge < -0.3 is 10.2 Å². The first kappa shape index (κ1) is 20.8. The summed E-state index contributed by atoms with van der Waals surface area (Å²) in [6, 6.07) is 21.8. The van der Waals surface area contributed by atoms with Gasteiger partial charge in [-0.3, -0.25) is 4.79 Å². The maximum Gasteiger partial charge on any atom is 0.243 e. The molecule has 0 saturated carbocycles. The second-order valence-corrected chi connectivity index (χ2v) is 9.28. The fourth-order valence-corrected chi connectivity index (χ4v) is 5.10. The van der Waals surface area contributed by atoms with Crippen molar-refractivity contribution in [3.63, 3.8) is 0 Å². The number of hydrogen-bond donors (Lipinski definition) is 1. The van der Waals surface area contributed by atoms with Crippen LogP contribution in [0.1, 0.15) is 5.56 Å². The molecular weight excluding hydrogens is 412 g/mol. The topological polar surface area (TPSA) is 93.5 Å². The predicted octanol–water partition coefficient (Wildman–Crippen LogP) is 2.66. The van der Waals surface area contributed by atoms with E-state index in [0.29, 0.717) is 24.3 Å². The van der Waals surface area contributed by atoms with Gasteiger partial charge in [-0.15, -0.1) is 0 Å². The first-order chi connectivity index (χ1) is 15.0. The largest absolute Gasteiger partial charge is 0.376 e. The van der Waals surface area contributed by atoms with Crippen LogP contribution in [0.15, 0.2) is 71.6 Å². The van der Waals surface area contributed by atoms with Crippen LogP contribution in [-0.4, -0.2) is 56.3 Å². The molecule has 4 rings (SSSR count). The smallest absolute Gasteiger partial charge is 0.243 e. The maximum atomic E-state index is 13.1. The number of piperazine rings is 1. The number of benzene rings is 3. The van der Waals surface area contributed by atoms with Crippen molar-refractivity contribution in [2.24, 2.45) is 0 Å². The van der Waals surface area contributed by atoms with Gasteiger partial charge >= 0.3 is 0 Å². The average molecular weight is 435 g/mol. The number of rotatable bonds is 5. The van der Waals surface area contributed by atoms with E-state index in [1.54, 1.807) is 41.3 Å². The zero-order chi connectivity index (χ0) is 21.8. The Bertz CT molecular complexity index is 1260. The number of amides is 1. The molecule has 1 heterocycles. The Labute approximate surface area is 181 Å². The van der Waals surface area contributed by atoms with E-state index in [9.17, 15) is 13.2 Å². The molecule has 7 nitrogen and oxygen atoms in total. The summed E-state index contributed by atoms with van der Waals surface area (Å²) < 4.78 is 27.6. The normalized spacial score (nSPS) is 14.9. The second-order valence-electron chi connectivity index (χ2n) is 7.34. The number of nitrogens with zero attached hydrogens (tertiary/aromatic N) is 3. The van der Waals surface area contributed by atoms with Gasteiger partial charge in [0, 0.05) is 31.9 Å². The average Bonchev–Trinajstić information content (AvgIpc) is 2.82. The van der Waals surface area contributed by atoms with E-state index >= 15 is 0 Å². The zero-order valence-electron chi connectivity index (χ0n) is 16.9. The molecule has 31 heavy (non-hydrogen) atoms. The highest BCUT2D eigenvalue weighted by Gasteiger charge is 2.30. The Balaban J connectivity index is 1.37. The van der Waals surface area contributed by atoms with Crippen LogP contribution in [-0.2, 0) is 14.8 Å². The molecule has 1 aliphatic rings. The van der Waals surface area contributed by atoms with Crippen molar-refractivity contribution in [3.8, 4) is 6.07 Å². The van der Waals surface area contributed by atoms with E-state index < -0.39 is 10.0 Å². The third-order valence-corrected chi connectivity index (χ3v) is 7.28. The van der Waals surface area contributed by atoms with Crippen molar-refractivity contribution < 1.29 is 13.2 Å². The molecule has 3 aromatic carbocycles. The van der Waals surface area contributed by atoms with Crippen LogP contribution < -0.4 is 5.32 Å². The van der Waals surface area contributed by atoms with E-state index in [1.165, 1.54) is 4.31 Å². The number of carbonyl (C=O) groups excluding carboxylic acids is 1. The molecule has 1 fully saturated rings. The standard InChI is InChI=1S/C23H22N4O3S/c24-16-18-4-3-7-21(14-18)25-17-23(28)26-10-12-27(13-11-26)31(29,30)22-9-8-19-5-1-2-6-20(19)15-22/h1-9,14-15,25H,10-13,17H2. The van der Waals surface area contributed by atoms with Crippen LogP contribution in [0.5, 0.6) is 0 Å². The number of anilines is 1. The summed E-state index contributed by atoms with van der Waals surface area (Å²) in [6.07, 6.45) is 0. The summed E-state index contributed by atoms with van der Waals surface area (Å²) in [6.45, 7) is 1.28. The number of hydrogen-bond acceptors (Lipinski definition) is 5. The number of sulfonamides is 1. The van der Waals surface area contributed by atoms with Gasteiger partial charge in [-0.2, -0.15) is 9.57 Å². The first-order valence-electron chi connectivity index (χ1n) is 9.98. The van der Waals surface area contributed by atoms with E-state index in [1.807, 2.05) is 30.3 Å². The van der Waals surface area contributed by atoms with Crippen LogP contribution >= 0.6 is 0 Å². The molecule has 0 unspecified atom stereocenters. The fraction of sp³-hybridized carbons (Fsp3) is 0.217. The predicted molar refractivity (Wildman–Crippen MR) is 119 cm³/mol. The molecule has 0 radical (unpaired) electrons. The van der Waals surface area contributed by atoms with Gasteiger partial charge in [0.2, 0.25) is 15.9 Å². The van der Waals surface area contributed by atoms with E-state index in [0.717, 1.165) is 10.8 Å². The van der Waals surface area contributed by atoms with Gasteiger partial charge in [0.1, 0.15) is 0 Å². The van der Waals surface area contributed by atoms with Gasteiger partial charge in [-0.05, 0) is 41.1 Å². The lowest BCUT2D eigenvalue weighted by Gasteiger charge is -2.34. The summed E-state index contributed by atoms with van der Waals surface area (Å²) in [4.78, 5) is 14.5. The van der Waals surface area contributed by atoms with Crippen LogP contribution in [0.3, 0.4) is 0 Å². The lowest BCUT2D eigenvalue weighted by Crippen LogP contribution is -2.51. The van der Waals surface area contributed by atoms with Gasteiger partial charge in [-0.1, -0.05) is 36.4 Å². The second kappa shape index (κ2) is 8.76. The van der Waals surface area contributed by atoms with Crippen LogP contribution in [0, 0.1) is 11.3 Å². The van der Waals surface area contributed by atoms with Crippen molar-refractivity contribution in [2.75, 3.05) is 38.0 Å². The highest BCUT2D eigenvalue weighted by molar-refractivity contribution is 7.89. The Morgan fingerprint density at radius 2 is 1.68 bits per heavy atom. The quantitative estimate of drug-likeness (QED) is 0.666. The minimum atomic E-state index is -3.62. The molecule has 1 amide bonds. The molecule has 1 saturated heterocycles.